The minimum atomic E-state index is 0.573. The van der Waals surface area contributed by atoms with Gasteiger partial charge in [0.25, 0.3) is 0 Å². The molecule has 0 bridgehead atoms. The summed E-state index contributed by atoms with van der Waals surface area (Å²) in [4.78, 5) is 5.19. The van der Waals surface area contributed by atoms with Crippen LogP contribution in [-0.2, 0) is 9.57 Å². The summed E-state index contributed by atoms with van der Waals surface area (Å²) in [6.07, 6.45) is 1.13. The van der Waals surface area contributed by atoms with Crippen LogP contribution in [0.3, 0.4) is 0 Å². The van der Waals surface area contributed by atoms with E-state index in [-0.39, 0.29) is 0 Å². The van der Waals surface area contributed by atoms with Gasteiger partial charge in [-0.15, -0.1) is 0 Å². The van der Waals surface area contributed by atoms with Crippen molar-refractivity contribution in [3.63, 3.8) is 0 Å². The van der Waals surface area contributed by atoms with E-state index in [0.717, 1.165) is 38.7 Å². The van der Waals surface area contributed by atoms with Crippen LogP contribution >= 0.6 is 0 Å². The number of hydrogen-bond acceptors (Lipinski definition) is 3. The molecule has 1 N–H and O–H groups in total. The van der Waals surface area contributed by atoms with E-state index in [1.54, 1.807) is 0 Å². The first-order chi connectivity index (χ1) is 6.63. The van der Waals surface area contributed by atoms with Crippen LogP contribution in [0.15, 0.2) is 0 Å². The van der Waals surface area contributed by atoms with Crippen LogP contribution in [0.4, 0.5) is 0 Å². The lowest BCUT2D eigenvalue weighted by molar-refractivity contribution is 0.00601. The molecule has 0 atom stereocenters. The Morgan fingerprint density at radius 2 is 1.71 bits per heavy atom. The van der Waals surface area contributed by atoms with Gasteiger partial charge >= 0.3 is 0 Å². The highest BCUT2D eigenvalue weighted by Crippen LogP contribution is 1.98. The highest BCUT2D eigenvalue weighted by molar-refractivity contribution is 4.43. The molecule has 0 radical (unpaired) electrons. The average molecular weight is 203 g/mol. The molecule has 0 spiro atoms. The number of hydroxylamine groups is 1. The first kappa shape index (κ1) is 13.9. The van der Waals surface area contributed by atoms with Crippen molar-refractivity contribution in [2.75, 3.05) is 26.4 Å². The highest BCUT2D eigenvalue weighted by atomic mass is 16.6. The Labute approximate surface area is 88.1 Å². The summed E-state index contributed by atoms with van der Waals surface area (Å²) in [5, 5.41) is 0. The average Bonchev–Trinajstić information content (AvgIpc) is 2.08. The SMILES string of the molecule is CC(C)CCOCCNOCC(C)C. The third-order valence-corrected chi connectivity index (χ3v) is 1.71. The Morgan fingerprint density at radius 3 is 2.29 bits per heavy atom. The molecule has 86 valence electrons. The molecule has 14 heavy (non-hydrogen) atoms. The van der Waals surface area contributed by atoms with Crippen LogP contribution < -0.4 is 5.48 Å². The Kier molecular flexibility index (Phi) is 9.35. The summed E-state index contributed by atoms with van der Waals surface area (Å²) in [5.41, 5.74) is 2.88. The van der Waals surface area contributed by atoms with Crippen molar-refractivity contribution in [3.8, 4) is 0 Å². The molecule has 0 aromatic carbocycles. The van der Waals surface area contributed by atoms with E-state index >= 15 is 0 Å². The predicted molar refractivity (Wildman–Crippen MR) is 59.1 cm³/mol. The number of ether oxygens (including phenoxy) is 1. The Morgan fingerprint density at radius 1 is 1.00 bits per heavy atom. The molecular weight excluding hydrogens is 178 g/mol. The third kappa shape index (κ3) is 11.9. The molecule has 0 aliphatic heterocycles. The van der Waals surface area contributed by atoms with Crippen molar-refractivity contribution in [1.29, 1.82) is 0 Å². The topological polar surface area (TPSA) is 30.5 Å². The fraction of sp³-hybridized carbons (Fsp3) is 1.00. The van der Waals surface area contributed by atoms with Gasteiger partial charge < -0.3 is 9.57 Å². The second kappa shape index (κ2) is 9.44. The number of hydrogen-bond donors (Lipinski definition) is 1. The quantitative estimate of drug-likeness (QED) is 0.460. The number of rotatable bonds is 9. The van der Waals surface area contributed by atoms with Crippen LogP contribution in [-0.4, -0.2) is 26.4 Å². The molecule has 0 unspecified atom stereocenters. The van der Waals surface area contributed by atoms with Gasteiger partial charge in [-0.3, -0.25) is 0 Å². The molecule has 0 saturated heterocycles. The second-order valence-corrected chi connectivity index (χ2v) is 4.39. The fourth-order valence-corrected chi connectivity index (χ4v) is 0.833. The van der Waals surface area contributed by atoms with Gasteiger partial charge in [0, 0.05) is 13.2 Å². The van der Waals surface area contributed by atoms with E-state index in [0.29, 0.717) is 5.92 Å². The molecule has 0 fully saturated rings. The summed E-state index contributed by atoms with van der Waals surface area (Å²) in [7, 11) is 0. The second-order valence-electron chi connectivity index (χ2n) is 4.39. The smallest absolute Gasteiger partial charge is 0.0705 e. The maximum absolute atomic E-state index is 5.41. The molecule has 0 amide bonds. The molecule has 3 nitrogen and oxygen atoms in total. The van der Waals surface area contributed by atoms with Gasteiger partial charge in [-0.25, -0.2) is 5.48 Å². The van der Waals surface area contributed by atoms with Gasteiger partial charge in [-0.2, -0.15) is 0 Å². The van der Waals surface area contributed by atoms with E-state index in [4.69, 9.17) is 9.57 Å². The zero-order valence-corrected chi connectivity index (χ0v) is 10.0. The van der Waals surface area contributed by atoms with Crippen molar-refractivity contribution in [3.05, 3.63) is 0 Å². The van der Waals surface area contributed by atoms with Gasteiger partial charge in [0.1, 0.15) is 0 Å². The van der Waals surface area contributed by atoms with Crippen LogP contribution in [0, 0.1) is 11.8 Å². The number of nitrogens with one attached hydrogen (secondary N) is 1. The molecule has 0 rings (SSSR count). The Bertz CT molecular complexity index is 102. The van der Waals surface area contributed by atoms with Crippen LogP contribution in [0.1, 0.15) is 34.1 Å². The summed E-state index contributed by atoms with van der Waals surface area (Å²) in [6, 6.07) is 0. The largest absolute Gasteiger partial charge is 0.380 e. The lowest BCUT2D eigenvalue weighted by atomic mass is 10.1. The van der Waals surface area contributed by atoms with Crippen LogP contribution in [0.5, 0.6) is 0 Å². The molecule has 0 saturated carbocycles. The Balaban J connectivity index is 2.92. The summed E-state index contributed by atoms with van der Waals surface area (Å²) in [6.45, 7) is 11.8. The van der Waals surface area contributed by atoms with Gasteiger partial charge in [0.15, 0.2) is 0 Å². The maximum atomic E-state index is 5.41. The van der Waals surface area contributed by atoms with Crippen LogP contribution in [0.25, 0.3) is 0 Å². The van der Waals surface area contributed by atoms with E-state index < -0.39 is 0 Å². The van der Waals surface area contributed by atoms with Crippen molar-refractivity contribution < 1.29 is 9.57 Å². The lowest BCUT2D eigenvalue weighted by Gasteiger charge is -2.09. The normalized spacial score (nSPS) is 11.6. The van der Waals surface area contributed by atoms with Gasteiger partial charge in [0.2, 0.25) is 0 Å². The van der Waals surface area contributed by atoms with Crippen molar-refractivity contribution in [2.24, 2.45) is 11.8 Å². The molecule has 0 aromatic heterocycles. The van der Waals surface area contributed by atoms with Gasteiger partial charge in [-0.05, 0) is 18.3 Å². The van der Waals surface area contributed by atoms with E-state index in [2.05, 4.69) is 33.2 Å². The first-order valence-corrected chi connectivity index (χ1v) is 5.55. The summed E-state index contributed by atoms with van der Waals surface area (Å²) in [5.74, 6) is 1.30. The van der Waals surface area contributed by atoms with Crippen LogP contribution in [0.2, 0.25) is 0 Å². The van der Waals surface area contributed by atoms with Crippen molar-refractivity contribution in [1.82, 2.24) is 5.48 Å². The summed E-state index contributed by atoms with van der Waals surface area (Å²) < 4.78 is 5.41. The third-order valence-electron chi connectivity index (χ3n) is 1.71. The lowest BCUT2D eigenvalue weighted by Crippen LogP contribution is -2.22. The minimum absolute atomic E-state index is 0.573. The first-order valence-electron chi connectivity index (χ1n) is 5.55. The van der Waals surface area contributed by atoms with Crippen molar-refractivity contribution >= 4 is 0 Å². The summed E-state index contributed by atoms with van der Waals surface area (Å²) >= 11 is 0. The molecule has 0 aliphatic rings. The molecular formula is C11H25NO2. The molecule has 0 aliphatic carbocycles. The molecule has 0 aromatic rings. The van der Waals surface area contributed by atoms with Crippen molar-refractivity contribution in [2.45, 2.75) is 34.1 Å². The van der Waals surface area contributed by atoms with Gasteiger partial charge in [-0.1, -0.05) is 27.7 Å². The maximum Gasteiger partial charge on any atom is 0.0705 e. The Hall–Kier alpha value is -0.120. The minimum Gasteiger partial charge on any atom is -0.380 e. The van der Waals surface area contributed by atoms with E-state index in [1.807, 2.05) is 0 Å². The highest BCUT2D eigenvalue weighted by Gasteiger charge is 1.95. The zero-order valence-electron chi connectivity index (χ0n) is 10.0. The van der Waals surface area contributed by atoms with E-state index in [1.165, 1.54) is 0 Å². The van der Waals surface area contributed by atoms with E-state index in [9.17, 15) is 0 Å². The zero-order chi connectivity index (χ0) is 10.8. The molecule has 3 heteroatoms. The monoisotopic (exact) mass is 203 g/mol. The van der Waals surface area contributed by atoms with Gasteiger partial charge in [0.05, 0.1) is 13.2 Å². The fourth-order valence-electron chi connectivity index (χ4n) is 0.833. The standard InChI is InChI=1S/C11H25NO2/c1-10(2)5-7-13-8-6-12-14-9-11(3)4/h10-12H,5-9H2,1-4H3. The predicted octanol–water partition coefficient (Wildman–Crippen LogP) is 2.23. The molecule has 0 heterocycles.